The number of morpholine rings is 1. The summed E-state index contributed by atoms with van der Waals surface area (Å²) in [5.41, 5.74) is 5.56. The number of carbonyl (C=O) groups is 1. The molecule has 0 spiro atoms. The molecule has 6 nitrogen and oxygen atoms in total. The van der Waals surface area contributed by atoms with Gasteiger partial charge in [-0.15, -0.1) is 0 Å². The summed E-state index contributed by atoms with van der Waals surface area (Å²) >= 11 is 1.44. The highest BCUT2D eigenvalue weighted by atomic mass is 32.2. The Morgan fingerprint density at radius 2 is 1.97 bits per heavy atom. The summed E-state index contributed by atoms with van der Waals surface area (Å²) < 4.78 is 7.46. The van der Waals surface area contributed by atoms with E-state index in [4.69, 9.17) is 4.74 Å². The van der Waals surface area contributed by atoms with Crippen molar-refractivity contribution < 1.29 is 9.53 Å². The third-order valence-electron chi connectivity index (χ3n) is 5.50. The van der Waals surface area contributed by atoms with E-state index in [1.165, 1.54) is 28.5 Å². The molecule has 2 heterocycles. The Labute approximate surface area is 187 Å². The van der Waals surface area contributed by atoms with E-state index < -0.39 is 0 Å². The van der Waals surface area contributed by atoms with E-state index >= 15 is 0 Å². The quantitative estimate of drug-likeness (QED) is 0.566. The van der Waals surface area contributed by atoms with Crippen LogP contribution in [0.1, 0.15) is 16.7 Å². The fraction of sp³-hybridized carbons (Fsp3) is 0.333. The van der Waals surface area contributed by atoms with Crippen LogP contribution in [0.25, 0.3) is 5.69 Å². The zero-order chi connectivity index (χ0) is 21.6. The number of ether oxygens (including phenoxy) is 1. The lowest BCUT2D eigenvalue weighted by atomic mass is 10.1. The Bertz CT molecular complexity index is 1040. The van der Waals surface area contributed by atoms with Crippen LogP contribution in [0.2, 0.25) is 0 Å². The first kappa shape index (κ1) is 21.6. The van der Waals surface area contributed by atoms with Gasteiger partial charge in [-0.05, 0) is 48.7 Å². The van der Waals surface area contributed by atoms with E-state index in [1.54, 1.807) is 6.20 Å². The number of aryl methyl sites for hydroxylation is 1. The highest BCUT2D eigenvalue weighted by molar-refractivity contribution is 7.99. The molecule has 0 unspecified atom stereocenters. The van der Waals surface area contributed by atoms with E-state index in [0.29, 0.717) is 5.75 Å². The lowest BCUT2D eigenvalue weighted by molar-refractivity contribution is -0.113. The average Bonchev–Trinajstić information content (AvgIpc) is 3.24. The Hall–Kier alpha value is -2.61. The maximum atomic E-state index is 12.6. The van der Waals surface area contributed by atoms with Crippen LogP contribution in [0.3, 0.4) is 0 Å². The number of anilines is 1. The van der Waals surface area contributed by atoms with Crippen molar-refractivity contribution in [3.05, 3.63) is 71.5 Å². The minimum absolute atomic E-state index is 0.0379. The maximum absolute atomic E-state index is 12.6. The van der Waals surface area contributed by atoms with Gasteiger partial charge in [0.2, 0.25) is 5.91 Å². The molecule has 1 amide bonds. The van der Waals surface area contributed by atoms with Crippen molar-refractivity contribution in [3.63, 3.8) is 0 Å². The summed E-state index contributed by atoms with van der Waals surface area (Å²) in [6, 6.07) is 14.3. The van der Waals surface area contributed by atoms with Gasteiger partial charge in [-0.1, -0.05) is 36.0 Å². The number of hydrogen-bond acceptors (Lipinski definition) is 5. The molecule has 1 saturated heterocycles. The van der Waals surface area contributed by atoms with Gasteiger partial charge in [0.05, 0.1) is 24.7 Å². The SMILES string of the molecule is Cc1cccc(-n2ccnc2SCC(=O)Nc2cccc(CN3CCOCC3)c2)c1C. The van der Waals surface area contributed by atoms with Crippen molar-refractivity contribution in [3.8, 4) is 5.69 Å². The van der Waals surface area contributed by atoms with Crippen LogP contribution in [0, 0.1) is 13.8 Å². The summed E-state index contributed by atoms with van der Waals surface area (Å²) in [5, 5.41) is 3.83. The number of hydrogen-bond donors (Lipinski definition) is 1. The standard InChI is InChI=1S/C24H28N4O2S/c1-18-5-3-8-22(19(18)2)28-10-9-25-24(28)31-17-23(29)26-21-7-4-6-20(15-21)16-27-11-13-30-14-12-27/h3-10,15H,11-14,16-17H2,1-2H3,(H,26,29). The first-order valence-electron chi connectivity index (χ1n) is 10.5. The van der Waals surface area contributed by atoms with Crippen LogP contribution in [0.15, 0.2) is 60.0 Å². The second-order valence-corrected chi connectivity index (χ2v) is 8.67. The molecule has 0 saturated carbocycles. The number of nitrogens with zero attached hydrogens (tertiary/aromatic N) is 3. The minimum Gasteiger partial charge on any atom is -0.379 e. The second kappa shape index (κ2) is 10.1. The summed E-state index contributed by atoms with van der Waals surface area (Å²) in [6.45, 7) is 8.53. The van der Waals surface area contributed by atoms with Gasteiger partial charge in [0.1, 0.15) is 0 Å². The second-order valence-electron chi connectivity index (χ2n) is 7.72. The molecule has 2 aromatic carbocycles. The van der Waals surface area contributed by atoms with Crippen molar-refractivity contribution in [2.45, 2.75) is 25.5 Å². The largest absolute Gasteiger partial charge is 0.379 e. The number of benzene rings is 2. The van der Waals surface area contributed by atoms with Crippen molar-refractivity contribution in [1.29, 1.82) is 0 Å². The number of thioether (sulfide) groups is 1. The topological polar surface area (TPSA) is 59.4 Å². The van der Waals surface area contributed by atoms with Crippen LogP contribution in [0.4, 0.5) is 5.69 Å². The molecule has 0 bridgehead atoms. The predicted octanol–water partition coefficient (Wildman–Crippen LogP) is 4.05. The first-order valence-corrected chi connectivity index (χ1v) is 11.5. The highest BCUT2D eigenvalue weighted by Crippen LogP contribution is 2.24. The van der Waals surface area contributed by atoms with E-state index in [0.717, 1.165) is 49.4 Å². The highest BCUT2D eigenvalue weighted by Gasteiger charge is 2.13. The van der Waals surface area contributed by atoms with E-state index in [9.17, 15) is 4.79 Å². The Morgan fingerprint density at radius 1 is 1.16 bits per heavy atom. The summed E-state index contributed by atoms with van der Waals surface area (Å²) in [6.07, 6.45) is 3.72. The lowest BCUT2D eigenvalue weighted by Gasteiger charge is -2.26. The number of amides is 1. The van der Waals surface area contributed by atoms with Crippen LogP contribution in [-0.2, 0) is 16.1 Å². The molecule has 1 aliphatic rings. The van der Waals surface area contributed by atoms with Crippen molar-refractivity contribution in [2.75, 3.05) is 37.4 Å². The number of carbonyl (C=O) groups excluding carboxylic acids is 1. The monoisotopic (exact) mass is 436 g/mol. The average molecular weight is 437 g/mol. The molecule has 4 rings (SSSR count). The fourth-order valence-electron chi connectivity index (χ4n) is 3.67. The van der Waals surface area contributed by atoms with Gasteiger partial charge in [0, 0.05) is 37.7 Å². The molecule has 1 aromatic heterocycles. The fourth-order valence-corrected chi connectivity index (χ4v) is 4.43. The maximum Gasteiger partial charge on any atom is 0.234 e. The number of imidazole rings is 1. The van der Waals surface area contributed by atoms with Crippen LogP contribution >= 0.6 is 11.8 Å². The zero-order valence-corrected chi connectivity index (χ0v) is 18.8. The van der Waals surface area contributed by atoms with Crippen LogP contribution in [0.5, 0.6) is 0 Å². The summed E-state index contributed by atoms with van der Waals surface area (Å²) in [4.78, 5) is 19.4. The lowest BCUT2D eigenvalue weighted by Crippen LogP contribution is -2.35. The molecule has 0 aliphatic carbocycles. The number of aromatic nitrogens is 2. The number of nitrogens with one attached hydrogen (secondary N) is 1. The normalized spacial score (nSPS) is 14.5. The molecular weight excluding hydrogens is 408 g/mol. The van der Waals surface area contributed by atoms with Crippen LogP contribution in [-0.4, -0.2) is 52.4 Å². The van der Waals surface area contributed by atoms with Gasteiger partial charge in [-0.3, -0.25) is 14.3 Å². The van der Waals surface area contributed by atoms with Gasteiger partial charge in [0.25, 0.3) is 0 Å². The van der Waals surface area contributed by atoms with Gasteiger partial charge >= 0.3 is 0 Å². The molecule has 1 N–H and O–H groups in total. The Kier molecular flexibility index (Phi) is 7.06. The third-order valence-corrected chi connectivity index (χ3v) is 6.46. The minimum atomic E-state index is -0.0379. The molecule has 0 atom stereocenters. The van der Waals surface area contributed by atoms with Crippen LogP contribution < -0.4 is 5.32 Å². The molecule has 31 heavy (non-hydrogen) atoms. The first-order chi connectivity index (χ1) is 15.1. The van der Waals surface area contributed by atoms with E-state index in [2.05, 4.69) is 53.3 Å². The zero-order valence-electron chi connectivity index (χ0n) is 18.0. The van der Waals surface area contributed by atoms with Crippen molar-refractivity contribution >= 4 is 23.4 Å². The number of rotatable bonds is 7. The molecular formula is C24H28N4O2S. The summed E-state index contributed by atoms with van der Waals surface area (Å²) in [5.74, 6) is 0.263. The molecule has 1 fully saturated rings. The van der Waals surface area contributed by atoms with Gasteiger partial charge in [-0.2, -0.15) is 0 Å². The molecule has 7 heteroatoms. The molecule has 1 aliphatic heterocycles. The molecule has 3 aromatic rings. The van der Waals surface area contributed by atoms with Gasteiger partial charge in [0.15, 0.2) is 5.16 Å². The predicted molar refractivity (Wildman–Crippen MR) is 125 cm³/mol. The van der Waals surface area contributed by atoms with Gasteiger partial charge < -0.3 is 10.1 Å². The van der Waals surface area contributed by atoms with E-state index in [1.807, 2.05) is 29.0 Å². The Balaban J connectivity index is 1.36. The molecule has 0 radical (unpaired) electrons. The Morgan fingerprint density at radius 3 is 2.81 bits per heavy atom. The van der Waals surface area contributed by atoms with Crippen molar-refractivity contribution in [1.82, 2.24) is 14.5 Å². The van der Waals surface area contributed by atoms with E-state index in [-0.39, 0.29) is 5.91 Å². The van der Waals surface area contributed by atoms with Gasteiger partial charge in [-0.25, -0.2) is 4.98 Å². The third kappa shape index (κ3) is 5.55. The smallest absolute Gasteiger partial charge is 0.234 e. The summed E-state index contributed by atoms with van der Waals surface area (Å²) in [7, 11) is 0. The molecule has 162 valence electrons. The van der Waals surface area contributed by atoms with Crippen molar-refractivity contribution in [2.24, 2.45) is 0 Å².